The standard InChI is InChI=1S/C13H16FN5/c1-7-4-5-9(14)12(17-7)19-10-8(11(15)18-19)6-16-13(10,2)3/h4-5,16H,6H2,1-3H3,(H2,15,18). The Morgan fingerprint density at radius 2 is 2.16 bits per heavy atom. The molecule has 0 radical (unpaired) electrons. The van der Waals surface area contributed by atoms with Gasteiger partial charge in [-0.2, -0.15) is 0 Å². The summed E-state index contributed by atoms with van der Waals surface area (Å²) in [5.41, 5.74) is 8.15. The molecule has 0 unspecified atom stereocenters. The molecule has 19 heavy (non-hydrogen) atoms. The first-order chi connectivity index (χ1) is 8.90. The van der Waals surface area contributed by atoms with Crippen LogP contribution in [0, 0.1) is 12.7 Å². The average Bonchev–Trinajstić information content (AvgIpc) is 2.83. The number of pyridine rings is 1. The molecule has 2 aromatic heterocycles. The van der Waals surface area contributed by atoms with Crippen LogP contribution in [0.5, 0.6) is 0 Å². The van der Waals surface area contributed by atoms with Gasteiger partial charge in [0.25, 0.3) is 0 Å². The lowest BCUT2D eigenvalue weighted by molar-refractivity contribution is 0.416. The Hall–Kier alpha value is -1.95. The average molecular weight is 261 g/mol. The Kier molecular flexibility index (Phi) is 2.40. The van der Waals surface area contributed by atoms with Crippen LogP contribution in [0.25, 0.3) is 5.82 Å². The summed E-state index contributed by atoms with van der Waals surface area (Å²) >= 11 is 0. The zero-order chi connectivity index (χ0) is 13.8. The van der Waals surface area contributed by atoms with Crippen molar-refractivity contribution in [2.75, 3.05) is 5.73 Å². The number of halogens is 1. The lowest BCUT2D eigenvalue weighted by atomic mass is 10.0. The number of nitrogens with zero attached hydrogens (tertiary/aromatic N) is 3. The highest BCUT2D eigenvalue weighted by Crippen LogP contribution is 2.35. The maximum Gasteiger partial charge on any atom is 0.190 e. The number of fused-ring (bicyclic) bond motifs is 1. The minimum Gasteiger partial charge on any atom is -0.382 e. The normalized spacial score (nSPS) is 16.6. The van der Waals surface area contributed by atoms with Crippen LogP contribution in [0.4, 0.5) is 10.2 Å². The van der Waals surface area contributed by atoms with E-state index in [9.17, 15) is 4.39 Å². The van der Waals surface area contributed by atoms with Gasteiger partial charge in [0, 0.05) is 17.8 Å². The minimum atomic E-state index is -0.404. The van der Waals surface area contributed by atoms with Crippen LogP contribution < -0.4 is 11.1 Å². The molecule has 0 amide bonds. The first-order valence-corrected chi connectivity index (χ1v) is 6.16. The zero-order valence-electron chi connectivity index (χ0n) is 11.2. The Morgan fingerprint density at radius 1 is 1.42 bits per heavy atom. The number of hydrogen-bond acceptors (Lipinski definition) is 4. The van der Waals surface area contributed by atoms with Crippen LogP contribution in [-0.2, 0) is 12.1 Å². The molecular formula is C13H16FN5. The third-order valence-electron chi connectivity index (χ3n) is 3.48. The smallest absolute Gasteiger partial charge is 0.190 e. The molecule has 0 aromatic carbocycles. The number of nitrogens with two attached hydrogens (primary N) is 1. The maximum absolute atomic E-state index is 14.0. The largest absolute Gasteiger partial charge is 0.382 e. The number of anilines is 1. The number of aryl methyl sites for hydroxylation is 1. The molecule has 6 heteroatoms. The third kappa shape index (κ3) is 1.71. The monoisotopic (exact) mass is 261 g/mol. The molecule has 1 aliphatic heterocycles. The van der Waals surface area contributed by atoms with Crippen molar-refractivity contribution < 1.29 is 4.39 Å². The lowest BCUT2D eigenvalue weighted by Gasteiger charge is -2.21. The van der Waals surface area contributed by atoms with Gasteiger partial charge < -0.3 is 11.1 Å². The highest BCUT2D eigenvalue weighted by atomic mass is 19.1. The fourth-order valence-corrected chi connectivity index (χ4v) is 2.50. The molecule has 0 spiro atoms. The Bertz CT molecular complexity index is 659. The maximum atomic E-state index is 14.0. The summed E-state index contributed by atoms with van der Waals surface area (Å²) < 4.78 is 15.5. The van der Waals surface area contributed by atoms with E-state index in [2.05, 4.69) is 15.4 Å². The van der Waals surface area contributed by atoms with Crippen LogP contribution >= 0.6 is 0 Å². The van der Waals surface area contributed by atoms with E-state index in [1.54, 1.807) is 6.07 Å². The lowest BCUT2D eigenvalue weighted by Crippen LogP contribution is -2.32. The first kappa shape index (κ1) is 12.1. The van der Waals surface area contributed by atoms with Crippen LogP contribution in [0.2, 0.25) is 0 Å². The van der Waals surface area contributed by atoms with Crippen molar-refractivity contribution in [2.24, 2.45) is 0 Å². The van der Waals surface area contributed by atoms with Crippen molar-refractivity contribution in [2.45, 2.75) is 32.9 Å². The van der Waals surface area contributed by atoms with Gasteiger partial charge in [0.05, 0.1) is 11.2 Å². The van der Waals surface area contributed by atoms with Gasteiger partial charge in [0.1, 0.15) is 0 Å². The van der Waals surface area contributed by atoms with Gasteiger partial charge in [-0.3, -0.25) is 0 Å². The number of nitrogen functional groups attached to an aromatic ring is 1. The summed E-state index contributed by atoms with van der Waals surface area (Å²) in [5, 5.41) is 7.59. The minimum absolute atomic E-state index is 0.199. The van der Waals surface area contributed by atoms with E-state index in [0.717, 1.165) is 17.0 Å². The second kappa shape index (κ2) is 3.77. The molecule has 5 nitrogen and oxygen atoms in total. The zero-order valence-corrected chi connectivity index (χ0v) is 11.2. The summed E-state index contributed by atoms with van der Waals surface area (Å²) in [6, 6.07) is 3.03. The number of aromatic nitrogens is 3. The Labute approximate surface area is 110 Å². The summed E-state index contributed by atoms with van der Waals surface area (Å²) in [4.78, 5) is 4.24. The summed E-state index contributed by atoms with van der Waals surface area (Å²) in [7, 11) is 0. The van der Waals surface area contributed by atoms with Crippen LogP contribution in [0.1, 0.15) is 30.8 Å². The predicted molar refractivity (Wildman–Crippen MR) is 70.3 cm³/mol. The molecule has 3 heterocycles. The van der Waals surface area contributed by atoms with E-state index in [4.69, 9.17) is 5.73 Å². The Balaban J connectivity index is 2.28. The van der Waals surface area contributed by atoms with Crippen molar-refractivity contribution in [3.8, 4) is 5.82 Å². The van der Waals surface area contributed by atoms with Gasteiger partial charge in [-0.25, -0.2) is 14.1 Å². The molecule has 2 aromatic rings. The van der Waals surface area contributed by atoms with E-state index in [0.29, 0.717) is 12.4 Å². The fourth-order valence-electron chi connectivity index (χ4n) is 2.50. The first-order valence-electron chi connectivity index (χ1n) is 6.16. The van der Waals surface area contributed by atoms with E-state index in [-0.39, 0.29) is 11.4 Å². The highest BCUT2D eigenvalue weighted by Gasteiger charge is 2.37. The summed E-state index contributed by atoms with van der Waals surface area (Å²) in [6.07, 6.45) is 0. The molecule has 3 N–H and O–H groups in total. The molecule has 1 aliphatic rings. The van der Waals surface area contributed by atoms with E-state index in [1.807, 2.05) is 20.8 Å². The van der Waals surface area contributed by atoms with Crippen LogP contribution in [0.3, 0.4) is 0 Å². The quantitative estimate of drug-likeness (QED) is 0.818. The van der Waals surface area contributed by atoms with Crippen molar-refractivity contribution in [3.05, 3.63) is 34.9 Å². The number of nitrogens with one attached hydrogen (secondary N) is 1. The molecule has 0 bridgehead atoms. The Morgan fingerprint density at radius 3 is 2.89 bits per heavy atom. The van der Waals surface area contributed by atoms with E-state index < -0.39 is 5.82 Å². The van der Waals surface area contributed by atoms with Gasteiger partial charge in [-0.05, 0) is 32.9 Å². The van der Waals surface area contributed by atoms with Crippen molar-refractivity contribution in [1.29, 1.82) is 0 Å². The van der Waals surface area contributed by atoms with Crippen LogP contribution in [0.15, 0.2) is 12.1 Å². The molecule has 0 atom stereocenters. The van der Waals surface area contributed by atoms with Gasteiger partial charge >= 0.3 is 0 Å². The molecule has 0 saturated heterocycles. The number of hydrogen-bond donors (Lipinski definition) is 2. The molecule has 0 saturated carbocycles. The van der Waals surface area contributed by atoms with E-state index in [1.165, 1.54) is 10.7 Å². The molecule has 100 valence electrons. The van der Waals surface area contributed by atoms with Crippen molar-refractivity contribution >= 4 is 5.82 Å². The van der Waals surface area contributed by atoms with Gasteiger partial charge in [-0.15, -0.1) is 5.10 Å². The second-order valence-electron chi connectivity index (χ2n) is 5.36. The van der Waals surface area contributed by atoms with Crippen LogP contribution in [-0.4, -0.2) is 14.8 Å². The fraction of sp³-hybridized carbons (Fsp3) is 0.385. The molecule has 3 rings (SSSR count). The summed E-state index contributed by atoms with van der Waals surface area (Å²) in [6.45, 7) is 6.50. The van der Waals surface area contributed by atoms with Crippen molar-refractivity contribution in [1.82, 2.24) is 20.1 Å². The number of rotatable bonds is 1. The van der Waals surface area contributed by atoms with Gasteiger partial charge in [0.2, 0.25) is 0 Å². The van der Waals surface area contributed by atoms with Gasteiger partial charge in [-0.1, -0.05) is 0 Å². The molecular weight excluding hydrogens is 245 g/mol. The predicted octanol–water partition coefficient (Wildman–Crippen LogP) is 1.64. The molecule has 0 fully saturated rings. The topological polar surface area (TPSA) is 68.8 Å². The van der Waals surface area contributed by atoms with E-state index >= 15 is 0 Å². The highest BCUT2D eigenvalue weighted by molar-refractivity contribution is 5.50. The summed E-state index contributed by atoms with van der Waals surface area (Å²) in [5.74, 6) is 0.221. The second-order valence-corrected chi connectivity index (χ2v) is 5.36. The SMILES string of the molecule is Cc1ccc(F)c(-n2nc(N)c3c2C(C)(C)NC3)n1. The van der Waals surface area contributed by atoms with Crippen molar-refractivity contribution in [3.63, 3.8) is 0 Å². The molecule has 0 aliphatic carbocycles. The third-order valence-corrected chi connectivity index (χ3v) is 3.48. The van der Waals surface area contributed by atoms with Gasteiger partial charge in [0.15, 0.2) is 17.5 Å².